The first-order chi connectivity index (χ1) is 9.56. The van der Waals surface area contributed by atoms with E-state index in [9.17, 15) is 9.18 Å². The molecule has 0 aliphatic rings. The van der Waals surface area contributed by atoms with E-state index in [0.717, 1.165) is 5.56 Å². The van der Waals surface area contributed by atoms with Gasteiger partial charge in [-0.2, -0.15) is 0 Å². The molecule has 104 valence electrons. The van der Waals surface area contributed by atoms with Gasteiger partial charge in [-0.15, -0.1) is 0 Å². The minimum atomic E-state index is -0.534. The molecule has 0 fully saturated rings. The van der Waals surface area contributed by atoms with Gasteiger partial charge in [-0.3, -0.25) is 4.79 Å². The molecule has 0 aromatic heterocycles. The molecule has 5 heteroatoms. The zero-order valence-corrected chi connectivity index (χ0v) is 12.8. The Morgan fingerprint density at radius 1 is 1.25 bits per heavy atom. The molecule has 0 aliphatic heterocycles. The molecule has 0 spiro atoms. The van der Waals surface area contributed by atoms with Crippen molar-refractivity contribution >= 4 is 33.4 Å². The molecule has 0 saturated heterocycles. The first-order valence-electron chi connectivity index (χ1n) is 6.04. The smallest absolute Gasteiger partial charge is 0.254 e. The molecule has 0 aliphatic carbocycles. The first-order valence-corrected chi connectivity index (χ1v) is 7.21. The third kappa shape index (κ3) is 4.05. The number of hydrogen-bond acceptors (Lipinski definition) is 1. The van der Waals surface area contributed by atoms with Gasteiger partial charge in [-0.1, -0.05) is 39.7 Å². The van der Waals surface area contributed by atoms with Gasteiger partial charge in [-0.05, 0) is 42.3 Å². The van der Waals surface area contributed by atoms with Crippen LogP contribution in [-0.4, -0.2) is 12.5 Å². The van der Waals surface area contributed by atoms with Crippen LogP contribution in [0.15, 0.2) is 46.9 Å². The minimum Gasteiger partial charge on any atom is -0.352 e. The fraction of sp³-hybridized carbons (Fsp3) is 0.133. The summed E-state index contributed by atoms with van der Waals surface area (Å²) in [6.07, 6.45) is 0.641. The van der Waals surface area contributed by atoms with Gasteiger partial charge in [0, 0.05) is 16.0 Å². The SMILES string of the molecule is O=C(NCCc1cccc(Cl)c1)c1cc(Br)ccc1F. The Balaban J connectivity index is 1.94. The van der Waals surface area contributed by atoms with Crippen LogP contribution in [0, 0.1) is 5.82 Å². The van der Waals surface area contributed by atoms with Crippen LogP contribution in [0.1, 0.15) is 15.9 Å². The maximum Gasteiger partial charge on any atom is 0.254 e. The summed E-state index contributed by atoms with van der Waals surface area (Å²) in [5, 5.41) is 3.35. The van der Waals surface area contributed by atoms with Crippen molar-refractivity contribution < 1.29 is 9.18 Å². The van der Waals surface area contributed by atoms with Gasteiger partial charge in [0.05, 0.1) is 5.56 Å². The van der Waals surface area contributed by atoms with E-state index in [4.69, 9.17) is 11.6 Å². The highest BCUT2D eigenvalue weighted by Crippen LogP contribution is 2.15. The lowest BCUT2D eigenvalue weighted by Crippen LogP contribution is -2.26. The van der Waals surface area contributed by atoms with Gasteiger partial charge >= 0.3 is 0 Å². The Bertz CT molecular complexity index is 633. The van der Waals surface area contributed by atoms with Gasteiger partial charge in [0.15, 0.2) is 0 Å². The van der Waals surface area contributed by atoms with E-state index in [1.165, 1.54) is 12.1 Å². The molecule has 0 unspecified atom stereocenters. The number of rotatable bonds is 4. The molecular weight excluding hydrogens is 345 g/mol. The van der Waals surface area contributed by atoms with Crippen molar-refractivity contribution in [3.8, 4) is 0 Å². The standard InChI is InChI=1S/C15H12BrClFNO/c16-11-4-5-14(18)13(9-11)15(20)19-7-6-10-2-1-3-12(17)8-10/h1-5,8-9H,6-7H2,(H,19,20). The highest BCUT2D eigenvalue weighted by atomic mass is 79.9. The Kier molecular flexibility index (Phi) is 5.15. The van der Waals surface area contributed by atoms with Gasteiger partial charge in [0.1, 0.15) is 5.82 Å². The second-order valence-corrected chi connectivity index (χ2v) is 5.61. The third-order valence-electron chi connectivity index (χ3n) is 2.76. The number of halogens is 3. The summed E-state index contributed by atoms with van der Waals surface area (Å²) in [5.41, 5.74) is 1.05. The minimum absolute atomic E-state index is 0.0328. The number of carbonyl (C=O) groups excluding carboxylic acids is 1. The average molecular weight is 357 g/mol. The second-order valence-electron chi connectivity index (χ2n) is 4.26. The fourth-order valence-electron chi connectivity index (χ4n) is 1.78. The molecule has 1 N–H and O–H groups in total. The normalized spacial score (nSPS) is 10.3. The summed E-state index contributed by atoms with van der Waals surface area (Å²) in [6, 6.07) is 11.7. The molecule has 2 aromatic rings. The van der Waals surface area contributed by atoms with Crippen molar-refractivity contribution in [1.82, 2.24) is 5.32 Å². The Hall–Kier alpha value is -1.39. The Morgan fingerprint density at radius 2 is 2.05 bits per heavy atom. The summed E-state index contributed by atoms with van der Waals surface area (Å²) in [7, 11) is 0. The van der Waals surface area contributed by atoms with E-state index < -0.39 is 11.7 Å². The maximum absolute atomic E-state index is 13.5. The van der Waals surface area contributed by atoms with Crippen LogP contribution in [0.5, 0.6) is 0 Å². The summed E-state index contributed by atoms with van der Waals surface area (Å²) in [5.74, 6) is -0.959. The van der Waals surface area contributed by atoms with Gasteiger partial charge in [0.2, 0.25) is 0 Å². The van der Waals surface area contributed by atoms with E-state index in [1.54, 1.807) is 12.1 Å². The summed E-state index contributed by atoms with van der Waals surface area (Å²) in [4.78, 5) is 11.9. The van der Waals surface area contributed by atoms with Crippen LogP contribution in [0.3, 0.4) is 0 Å². The van der Waals surface area contributed by atoms with Gasteiger partial charge in [0.25, 0.3) is 5.91 Å². The first kappa shape index (κ1) is 15.0. The Labute approximate surface area is 130 Å². The quantitative estimate of drug-likeness (QED) is 0.873. The molecule has 2 nitrogen and oxygen atoms in total. The van der Waals surface area contributed by atoms with Crippen LogP contribution in [0.25, 0.3) is 0 Å². The summed E-state index contributed by atoms with van der Waals surface area (Å²) in [6.45, 7) is 0.422. The largest absolute Gasteiger partial charge is 0.352 e. The van der Waals surface area contributed by atoms with E-state index in [-0.39, 0.29) is 5.56 Å². The predicted molar refractivity (Wildman–Crippen MR) is 81.6 cm³/mol. The topological polar surface area (TPSA) is 29.1 Å². The van der Waals surface area contributed by atoms with Crippen LogP contribution in [0.4, 0.5) is 4.39 Å². The lowest BCUT2D eigenvalue weighted by Gasteiger charge is -2.07. The number of benzene rings is 2. The van der Waals surface area contributed by atoms with Crippen LogP contribution < -0.4 is 5.32 Å². The number of nitrogens with one attached hydrogen (secondary N) is 1. The molecule has 0 bridgehead atoms. The van der Waals surface area contributed by atoms with Gasteiger partial charge < -0.3 is 5.32 Å². The van der Waals surface area contributed by atoms with Crippen molar-refractivity contribution in [2.75, 3.05) is 6.54 Å². The molecule has 20 heavy (non-hydrogen) atoms. The lowest BCUT2D eigenvalue weighted by atomic mass is 10.1. The molecular formula is C15H12BrClFNO. The number of hydrogen-bond donors (Lipinski definition) is 1. The third-order valence-corrected chi connectivity index (χ3v) is 3.49. The van der Waals surface area contributed by atoms with Crippen molar-refractivity contribution in [1.29, 1.82) is 0 Å². The average Bonchev–Trinajstić information content (AvgIpc) is 2.41. The van der Waals surface area contributed by atoms with E-state index in [2.05, 4.69) is 21.2 Å². The molecule has 1 amide bonds. The zero-order chi connectivity index (χ0) is 14.5. The highest BCUT2D eigenvalue weighted by molar-refractivity contribution is 9.10. The maximum atomic E-state index is 13.5. The lowest BCUT2D eigenvalue weighted by molar-refractivity contribution is 0.0950. The fourth-order valence-corrected chi connectivity index (χ4v) is 2.35. The van der Waals surface area contributed by atoms with E-state index >= 15 is 0 Å². The van der Waals surface area contributed by atoms with Crippen molar-refractivity contribution in [2.24, 2.45) is 0 Å². The van der Waals surface area contributed by atoms with Crippen LogP contribution in [-0.2, 0) is 6.42 Å². The highest BCUT2D eigenvalue weighted by Gasteiger charge is 2.11. The van der Waals surface area contributed by atoms with Crippen molar-refractivity contribution in [3.63, 3.8) is 0 Å². The van der Waals surface area contributed by atoms with Crippen LogP contribution >= 0.6 is 27.5 Å². The molecule has 0 radical (unpaired) electrons. The van der Waals surface area contributed by atoms with Crippen molar-refractivity contribution in [2.45, 2.75) is 6.42 Å². The zero-order valence-electron chi connectivity index (χ0n) is 10.5. The van der Waals surface area contributed by atoms with E-state index in [1.807, 2.05) is 18.2 Å². The monoisotopic (exact) mass is 355 g/mol. The van der Waals surface area contributed by atoms with Gasteiger partial charge in [-0.25, -0.2) is 4.39 Å². The molecule has 0 saturated carbocycles. The predicted octanol–water partition coefficient (Wildman–Crippen LogP) is 4.21. The number of carbonyl (C=O) groups is 1. The van der Waals surface area contributed by atoms with Crippen molar-refractivity contribution in [3.05, 3.63) is 68.9 Å². The molecule has 2 aromatic carbocycles. The van der Waals surface area contributed by atoms with Crippen LogP contribution in [0.2, 0.25) is 5.02 Å². The second kappa shape index (κ2) is 6.86. The summed E-state index contributed by atoms with van der Waals surface area (Å²) >= 11 is 9.09. The van der Waals surface area contributed by atoms with E-state index in [0.29, 0.717) is 22.5 Å². The Morgan fingerprint density at radius 3 is 2.80 bits per heavy atom. The summed E-state index contributed by atoms with van der Waals surface area (Å²) < 4.78 is 14.2. The molecule has 0 atom stereocenters. The number of amides is 1. The molecule has 2 rings (SSSR count). The molecule has 0 heterocycles.